The van der Waals surface area contributed by atoms with Gasteiger partial charge in [-0.25, -0.2) is 0 Å². The summed E-state index contributed by atoms with van der Waals surface area (Å²) >= 11 is 0. The summed E-state index contributed by atoms with van der Waals surface area (Å²) in [4.78, 5) is 0. The predicted octanol–water partition coefficient (Wildman–Crippen LogP) is 2.22. The second kappa shape index (κ2) is 6.55. The second-order valence-electron chi connectivity index (χ2n) is 4.86. The summed E-state index contributed by atoms with van der Waals surface area (Å²) in [7, 11) is 1.63. The second-order valence-corrected chi connectivity index (χ2v) is 4.86. The summed E-state index contributed by atoms with van der Waals surface area (Å²) in [5.41, 5.74) is 1.68. The quantitative estimate of drug-likeness (QED) is 0.882. The molecule has 0 spiro atoms. The highest BCUT2D eigenvalue weighted by atomic mass is 16.5. The smallest absolute Gasteiger partial charge is 0.124 e. The Morgan fingerprint density at radius 3 is 3.05 bits per heavy atom. The number of rotatable bonds is 5. The molecule has 102 valence electrons. The zero-order valence-corrected chi connectivity index (χ0v) is 11.5. The molecular formula is C15H20N2O2. The summed E-state index contributed by atoms with van der Waals surface area (Å²) in [6, 6.07) is 7.96. The lowest BCUT2D eigenvalue weighted by Gasteiger charge is -2.20. The highest BCUT2D eigenvalue weighted by Gasteiger charge is 2.22. The Labute approximate surface area is 114 Å². The minimum absolute atomic E-state index is 0.310. The summed E-state index contributed by atoms with van der Waals surface area (Å²) in [6.07, 6.45) is 2.58. The number of methoxy groups -OCH3 is 1. The van der Waals surface area contributed by atoms with Crippen LogP contribution in [0, 0.1) is 11.3 Å². The predicted molar refractivity (Wildman–Crippen MR) is 73.0 cm³/mol. The molecule has 1 aromatic carbocycles. The molecule has 2 unspecified atom stereocenters. The highest BCUT2D eigenvalue weighted by Crippen LogP contribution is 2.21. The first-order chi connectivity index (χ1) is 9.24. The number of hydrogen-bond donors (Lipinski definition) is 1. The summed E-state index contributed by atoms with van der Waals surface area (Å²) in [5.74, 6) is 0.756. The first-order valence-corrected chi connectivity index (χ1v) is 6.66. The Morgan fingerprint density at radius 2 is 2.42 bits per heavy atom. The van der Waals surface area contributed by atoms with Gasteiger partial charge in [-0.1, -0.05) is 6.07 Å². The molecular weight excluding hydrogens is 240 g/mol. The van der Waals surface area contributed by atoms with E-state index >= 15 is 0 Å². The van der Waals surface area contributed by atoms with Gasteiger partial charge in [-0.3, -0.25) is 0 Å². The number of hydrogen-bond acceptors (Lipinski definition) is 4. The molecule has 4 heteroatoms. The van der Waals surface area contributed by atoms with Gasteiger partial charge in [0.25, 0.3) is 0 Å². The fourth-order valence-corrected chi connectivity index (χ4v) is 2.36. The normalized spacial score (nSPS) is 19.9. The summed E-state index contributed by atoms with van der Waals surface area (Å²) < 4.78 is 11.0. The van der Waals surface area contributed by atoms with Gasteiger partial charge in [0, 0.05) is 24.8 Å². The van der Waals surface area contributed by atoms with Crippen LogP contribution in [0.25, 0.3) is 0 Å². The van der Waals surface area contributed by atoms with Crippen molar-refractivity contribution in [2.75, 3.05) is 13.7 Å². The van der Waals surface area contributed by atoms with E-state index in [4.69, 9.17) is 14.7 Å². The molecule has 1 heterocycles. The zero-order chi connectivity index (χ0) is 13.7. The molecule has 1 fully saturated rings. The number of nitrogens with zero attached hydrogens (tertiary/aromatic N) is 1. The van der Waals surface area contributed by atoms with Crippen LogP contribution in [0.3, 0.4) is 0 Å². The number of nitrogens with one attached hydrogen (secondary N) is 1. The average Bonchev–Trinajstić information content (AvgIpc) is 2.98. The molecule has 0 radical (unpaired) electrons. The molecule has 0 aliphatic carbocycles. The standard InChI is InChI=1S/C15H20N2O2/c1-11(14-4-3-7-19-14)17-10-13-6-5-12(9-16)8-15(13)18-2/h5-6,8,11,14,17H,3-4,7,10H2,1-2H3. The van der Waals surface area contributed by atoms with Crippen LogP contribution >= 0.6 is 0 Å². The third-order valence-corrected chi connectivity index (χ3v) is 3.55. The van der Waals surface area contributed by atoms with Gasteiger partial charge in [-0.05, 0) is 31.9 Å². The average molecular weight is 260 g/mol. The van der Waals surface area contributed by atoms with Gasteiger partial charge >= 0.3 is 0 Å². The van der Waals surface area contributed by atoms with Crippen molar-refractivity contribution >= 4 is 0 Å². The molecule has 0 amide bonds. The lowest BCUT2D eigenvalue weighted by atomic mass is 10.1. The minimum atomic E-state index is 0.310. The topological polar surface area (TPSA) is 54.3 Å². The Morgan fingerprint density at radius 1 is 1.58 bits per heavy atom. The van der Waals surface area contributed by atoms with Crippen molar-refractivity contribution < 1.29 is 9.47 Å². The van der Waals surface area contributed by atoms with Crippen LogP contribution in [0.4, 0.5) is 0 Å². The Bertz CT molecular complexity index is 462. The Hall–Kier alpha value is -1.57. The van der Waals surface area contributed by atoms with E-state index in [1.807, 2.05) is 12.1 Å². The first kappa shape index (κ1) is 13.9. The van der Waals surface area contributed by atoms with Gasteiger partial charge in [0.05, 0.1) is 24.8 Å². The van der Waals surface area contributed by atoms with Crippen molar-refractivity contribution in [3.8, 4) is 11.8 Å². The van der Waals surface area contributed by atoms with E-state index in [-0.39, 0.29) is 0 Å². The SMILES string of the molecule is COc1cc(C#N)ccc1CNC(C)C1CCCO1. The lowest BCUT2D eigenvalue weighted by Crippen LogP contribution is -2.36. The third kappa shape index (κ3) is 3.46. The fraction of sp³-hybridized carbons (Fsp3) is 0.533. The van der Waals surface area contributed by atoms with Crippen molar-refractivity contribution in [3.05, 3.63) is 29.3 Å². The van der Waals surface area contributed by atoms with Gasteiger partial charge in [0.1, 0.15) is 5.75 Å². The lowest BCUT2D eigenvalue weighted by molar-refractivity contribution is 0.0831. The zero-order valence-electron chi connectivity index (χ0n) is 11.5. The summed E-state index contributed by atoms with van der Waals surface area (Å²) in [5, 5.41) is 12.3. The third-order valence-electron chi connectivity index (χ3n) is 3.55. The molecule has 2 rings (SSSR count). The number of ether oxygens (including phenoxy) is 2. The maximum Gasteiger partial charge on any atom is 0.124 e. The van der Waals surface area contributed by atoms with Gasteiger partial charge in [0.15, 0.2) is 0 Å². The van der Waals surface area contributed by atoms with Crippen LogP contribution in [-0.4, -0.2) is 25.9 Å². The molecule has 4 nitrogen and oxygen atoms in total. The van der Waals surface area contributed by atoms with Crippen LogP contribution in [0.1, 0.15) is 30.9 Å². The fourth-order valence-electron chi connectivity index (χ4n) is 2.36. The van der Waals surface area contributed by atoms with E-state index < -0.39 is 0 Å². The Balaban J connectivity index is 1.97. The molecule has 1 N–H and O–H groups in total. The van der Waals surface area contributed by atoms with Gasteiger partial charge in [0.2, 0.25) is 0 Å². The van der Waals surface area contributed by atoms with Gasteiger partial charge in [-0.15, -0.1) is 0 Å². The maximum absolute atomic E-state index is 8.87. The molecule has 0 saturated carbocycles. The van der Waals surface area contributed by atoms with E-state index in [1.165, 1.54) is 0 Å². The molecule has 0 aromatic heterocycles. The molecule has 19 heavy (non-hydrogen) atoms. The maximum atomic E-state index is 8.87. The van der Waals surface area contributed by atoms with Crippen LogP contribution in [0.2, 0.25) is 0 Å². The van der Waals surface area contributed by atoms with Crippen molar-refractivity contribution in [3.63, 3.8) is 0 Å². The van der Waals surface area contributed by atoms with E-state index in [1.54, 1.807) is 13.2 Å². The van der Waals surface area contributed by atoms with E-state index in [2.05, 4.69) is 18.3 Å². The number of nitriles is 1. The summed E-state index contributed by atoms with van der Waals surface area (Å²) in [6.45, 7) is 3.74. The van der Waals surface area contributed by atoms with Gasteiger partial charge in [-0.2, -0.15) is 5.26 Å². The molecule has 1 aliphatic heterocycles. The Kier molecular flexibility index (Phi) is 4.78. The molecule has 1 saturated heterocycles. The van der Waals surface area contributed by atoms with Crippen molar-refractivity contribution in [2.45, 2.75) is 38.5 Å². The molecule has 1 aliphatic rings. The van der Waals surface area contributed by atoms with Crippen molar-refractivity contribution in [1.29, 1.82) is 5.26 Å². The van der Waals surface area contributed by atoms with Crippen LogP contribution in [0.5, 0.6) is 5.75 Å². The van der Waals surface area contributed by atoms with E-state index in [0.29, 0.717) is 17.7 Å². The molecule has 2 atom stereocenters. The first-order valence-electron chi connectivity index (χ1n) is 6.66. The van der Waals surface area contributed by atoms with Crippen LogP contribution < -0.4 is 10.1 Å². The largest absolute Gasteiger partial charge is 0.496 e. The molecule has 0 bridgehead atoms. The monoisotopic (exact) mass is 260 g/mol. The van der Waals surface area contributed by atoms with Crippen LogP contribution in [-0.2, 0) is 11.3 Å². The van der Waals surface area contributed by atoms with Crippen molar-refractivity contribution in [2.24, 2.45) is 0 Å². The highest BCUT2D eigenvalue weighted by molar-refractivity contribution is 5.42. The van der Waals surface area contributed by atoms with E-state index in [9.17, 15) is 0 Å². The number of benzene rings is 1. The van der Waals surface area contributed by atoms with Crippen molar-refractivity contribution in [1.82, 2.24) is 5.32 Å². The van der Waals surface area contributed by atoms with Gasteiger partial charge < -0.3 is 14.8 Å². The van der Waals surface area contributed by atoms with Crippen LogP contribution in [0.15, 0.2) is 18.2 Å². The minimum Gasteiger partial charge on any atom is -0.496 e. The molecule has 1 aromatic rings. The van der Waals surface area contributed by atoms with E-state index in [0.717, 1.165) is 37.3 Å².